The second kappa shape index (κ2) is 4.37. The Morgan fingerprint density at radius 1 is 1.33 bits per heavy atom. The molecule has 2 aliphatic rings. The summed E-state index contributed by atoms with van der Waals surface area (Å²) in [7, 11) is 2.24. The average Bonchev–Trinajstić information content (AvgIpc) is 2.19. The maximum atomic E-state index is 5.59. The molecule has 2 rings (SSSR count). The van der Waals surface area contributed by atoms with Gasteiger partial charge in [0.2, 0.25) is 5.96 Å². The number of hydrogen-bond donors (Lipinski definition) is 3. The maximum absolute atomic E-state index is 5.59. The minimum Gasteiger partial charge on any atom is -0.369 e. The van der Waals surface area contributed by atoms with Crippen molar-refractivity contribution in [2.24, 2.45) is 16.6 Å². The third-order valence-electron chi connectivity index (χ3n) is 3.78. The highest BCUT2D eigenvalue weighted by Gasteiger charge is 2.35. The number of guanidine groups is 1. The van der Waals surface area contributed by atoms with E-state index in [9.17, 15) is 0 Å². The first kappa shape index (κ1) is 10.7. The highest BCUT2D eigenvalue weighted by Crippen LogP contribution is 2.33. The van der Waals surface area contributed by atoms with E-state index in [0.29, 0.717) is 24.1 Å². The van der Waals surface area contributed by atoms with Crippen molar-refractivity contribution in [3.05, 3.63) is 0 Å². The molecule has 0 aromatic carbocycles. The van der Waals surface area contributed by atoms with Crippen LogP contribution in [0.3, 0.4) is 0 Å². The number of nitrogens with two attached hydrogens (primary N) is 2. The molecular weight excluding hydrogens is 190 g/mol. The fourth-order valence-corrected chi connectivity index (χ4v) is 2.93. The van der Waals surface area contributed by atoms with Crippen LogP contribution in [0.5, 0.6) is 0 Å². The van der Waals surface area contributed by atoms with Crippen LogP contribution in [-0.2, 0) is 0 Å². The lowest BCUT2D eigenvalue weighted by Gasteiger charge is -2.46. The van der Waals surface area contributed by atoms with Crippen molar-refractivity contribution in [1.82, 2.24) is 10.3 Å². The van der Waals surface area contributed by atoms with E-state index < -0.39 is 0 Å². The van der Waals surface area contributed by atoms with Gasteiger partial charge in [0.15, 0.2) is 0 Å². The monoisotopic (exact) mass is 211 g/mol. The summed E-state index contributed by atoms with van der Waals surface area (Å²) in [5.74, 6) is 5.58. The predicted octanol–water partition coefficient (Wildman–Crippen LogP) is -0.220. The van der Waals surface area contributed by atoms with E-state index in [2.05, 4.69) is 22.4 Å². The summed E-state index contributed by atoms with van der Waals surface area (Å²) in [4.78, 5) is 6.92. The molecule has 0 aromatic rings. The van der Waals surface area contributed by atoms with Gasteiger partial charge in [-0.3, -0.25) is 5.43 Å². The zero-order chi connectivity index (χ0) is 10.8. The molecular formula is C10H21N5. The van der Waals surface area contributed by atoms with Crippen LogP contribution in [-0.4, -0.2) is 36.0 Å². The van der Waals surface area contributed by atoms with Crippen molar-refractivity contribution >= 4 is 5.96 Å². The molecule has 2 unspecified atom stereocenters. The Morgan fingerprint density at radius 2 is 1.93 bits per heavy atom. The number of hydrazine groups is 1. The summed E-state index contributed by atoms with van der Waals surface area (Å²) in [5, 5.41) is 0. The van der Waals surface area contributed by atoms with Crippen LogP contribution in [0.1, 0.15) is 32.1 Å². The number of nitrogens with zero attached hydrogens (tertiary/aromatic N) is 2. The first-order valence-electron chi connectivity index (χ1n) is 5.72. The third kappa shape index (κ3) is 2.23. The number of rotatable bonds is 1. The Kier molecular flexibility index (Phi) is 3.11. The maximum Gasteiger partial charge on any atom is 0.203 e. The number of hydrogen-bond acceptors (Lipinski definition) is 3. The van der Waals surface area contributed by atoms with Gasteiger partial charge >= 0.3 is 0 Å². The molecule has 0 spiro atoms. The Balaban J connectivity index is 2.01. The smallest absolute Gasteiger partial charge is 0.203 e. The Bertz CT molecular complexity index is 238. The van der Waals surface area contributed by atoms with E-state index in [4.69, 9.17) is 11.6 Å². The van der Waals surface area contributed by atoms with E-state index in [0.717, 1.165) is 12.8 Å². The lowest BCUT2D eigenvalue weighted by Crippen LogP contribution is -2.51. The molecule has 2 atom stereocenters. The largest absolute Gasteiger partial charge is 0.369 e. The summed E-state index contributed by atoms with van der Waals surface area (Å²) in [6.45, 7) is 0. The van der Waals surface area contributed by atoms with Gasteiger partial charge in [-0.15, -0.1) is 0 Å². The first-order chi connectivity index (χ1) is 7.20. The Hall–Kier alpha value is -0.810. The molecule has 2 heterocycles. The van der Waals surface area contributed by atoms with Crippen molar-refractivity contribution in [2.75, 3.05) is 7.05 Å². The van der Waals surface area contributed by atoms with Gasteiger partial charge in [0, 0.05) is 12.1 Å². The van der Waals surface area contributed by atoms with E-state index in [-0.39, 0.29) is 0 Å². The van der Waals surface area contributed by atoms with Crippen molar-refractivity contribution < 1.29 is 0 Å². The standard InChI is InChI=1S/C10H21N5/c1-15-8-3-2-4-9(15)6-7(5-8)13-10(11)14-12/h7-9H,2-6,12H2,1H3,(H3,11,13,14). The Morgan fingerprint density at radius 3 is 2.47 bits per heavy atom. The zero-order valence-corrected chi connectivity index (χ0v) is 9.32. The summed E-state index contributed by atoms with van der Waals surface area (Å²) in [6.07, 6.45) is 6.20. The SMILES string of the molecule is CN1C2CCCC1CC(N=C(N)NN)C2. The molecule has 0 aliphatic carbocycles. The van der Waals surface area contributed by atoms with E-state index >= 15 is 0 Å². The van der Waals surface area contributed by atoms with Gasteiger partial charge in [-0.05, 0) is 32.7 Å². The van der Waals surface area contributed by atoms with Crippen LogP contribution in [0.4, 0.5) is 0 Å². The topological polar surface area (TPSA) is 79.7 Å². The van der Waals surface area contributed by atoms with Crippen LogP contribution < -0.4 is 17.0 Å². The quantitative estimate of drug-likeness (QED) is 0.242. The molecule has 0 saturated carbocycles. The fraction of sp³-hybridized carbons (Fsp3) is 0.900. The summed E-state index contributed by atoms with van der Waals surface area (Å²) in [5.41, 5.74) is 7.99. The summed E-state index contributed by atoms with van der Waals surface area (Å²) in [6, 6.07) is 1.74. The van der Waals surface area contributed by atoms with Crippen LogP contribution in [0.25, 0.3) is 0 Å². The van der Waals surface area contributed by atoms with E-state index in [1.807, 2.05) is 0 Å². The molecule has 2 fully saturated rings. The van der Waals surface area contributed by atoms with Crippen LogP contribution >= 0.6 is 0 Å². The van der Waals surface area contributed by atoms with Gasteiger partial charge in [-0.2, -0.15) is 0 Å². The van der Waals surface area contributed by atoms with Crippen LogP contribution in [0, 0.1) is 0 Å². The van der Waals surface area contributed by atoms with Crippen LogP contribution in [0.15, 0.2) is 4.99 Å². The van der Waals surface area contributed by atoms with Crippen molar-refractivity contribution in [3.63, 3.8) is 0 Å². The molecule has 5 heteroatoms. The predicted molar refractivity (Wildman–Crippen MR) is 61.2 cm³/mol. The molecule has 2 saturated heterocycles. The second-order valence-electron chi connectivity index (χ2n) is 4.69. The van der Waals surface area contributed by atoms with Gasteiger partial charge in [-0.1, -0.05) is 6.42 Å². The normalized spacial score (nSPS) is 37.7. The molecule has 2 bridgehead atoms. The molecule has 2 aliphatic heterocycles. The number of piperidine rings is 2. The second-order valence-corrected chi connectivity index (χ2v) is 4.69. The molecule has 86 valence electrons. The molecule has 5 nitrogen and oxygen atoms in total. The zero-order valence-electron chi connectivity index (χ0n) is 9.32. The molecule has 5 N–H and O–H groups in total. The van der Waals surface area contributed by atoms with Gasteiger partial charge in [0.1, 0.15) is 0 Å². The first-order valence-corrected chi connectivity index (χ1v) is 5.72. The fourth-order valence-electron chi connectivity index (χ4n) is 2.93. The number of aliphatic imine (C=N–C) groups is 1. The molecule has 0 aromatic heterocycles. The minimum absolute atomic E-state index is 0.354. The van der Waals surface area contributed by atoms with Crippen molar-refractivity contribution in [3.8, 4) is 0 Å². The van der Waals surface area contributed by atoms with Crippen LogP contribution in [0.2, 0.25) is 0 Å². The van der Waals surface area contributed by atoms with Gasteiger partial charge in [0.25, 0.3) is 0 Å². The average molecular weight is 211 g/mol. The highest BCUT2D eigenvalue weighted by atomic mass is 15.3. The van der Waals surface area contributed by atoms with Crippen molar-refractivity contribution in [2.45, 2.75) is 50.2 Å². The summed E-state index contributed by atoms with van der Waals surface area (Å²) < 4.78 is 0. The highest BCUT2D eigenvalue weighted by molar-refractivity contribution is 5.77. The third-order valence-corrected chi connectivity index (χ3v) is 3.78. The molecule has 15 heavy (non-hydrogen) atoms. The number of fused-ring (bicyclic) bond motifs is 2. The van der Waals surface area contributed by atoms with Gasteiger partial charge in [-0.25, -0.2) is 10.8 Å². The molecule has 0 radical (unpaired) electrons. The van der Waals surface area contributed by atoms with Gasteiger partial charge < -0.3 is 10.6 Å². The van der Waals surface area contributed by atoms with Crippen molar-refractivity contribution in [1.29, 1.82) is 0 Å². The van der Waals surface area contributed by atoms with E-state index in [1.54, 1.807) is 0 Å². The summed E-state index contributed by atoms with van der Waals surface area (Å²) >= 11 is 0. The number of nitrogens with one attached hydrogen (secondary N) is 1. The Labute approximate surface area is 90.9 Å². The lowest BCUT2D eigenvalue weighted by atomic mass is 9.82. The van der Waals surface area contributed by atoms with Gasteiger partial charge in [0.05, 0.1) is 6.04 Å². The minimum atomic E-state index is 0.354. The molecule has 0 amide bonds. The lowest BCUT2D eigenvalue weighted by molar-refractivity contribution is 0.0574. The van der Waals surface area contributed by atoms with E-state index in [1.165, 1.54) is 19.3 Å².